The second-order valence-electron chi connectivity index (χ2n) is 12.5. The first kappa shape index (κ1) is 57.1. The Bertz CT molecular complexity index is 1220. The first-order valence-corrected chi connectivity index (χ1v) is 19.0. The van der Waals surface area contributed by atoms with E-state index in [9.17, 15) is 28.8 Å². The summed E-state index contributed by atoms with van der Waals surface area (Å²) in [6.45, 7) is 29.4. The van der Waals surface area contributed by atoms with Crippen molar-refractivity contribution in [3.63, 3.8) is 0 Å². The third-order valence-electron chi connectivity index (χ3n) is 7.22. The maximum absolute atomic E-state index is 11.2. The van der Waals surface area contributed by atoms with Crippen molar-refractivity contribution in [1.82, 2.24) is 0 Å². The largest absolute Gasteiger partial charge is 0.460 e. The summed E-state index contributed by atoms with van der Waals surface area (Å²) in [5, 5.41) is 0. The summed E-state index contributed by atoms with van der Waals surface area (Å²) in [6.07, 6.45) is 5.17. The summed E-state index contributed by atoms with van der Waals surface area (Å²) < 4.78 is 63.4. The third kappa shape index (κ3) is 32.9. The molecule has 0 aromatic rings. The van der Waals surface area contributed by atoms with Crippen LogP contribution in [0.15, 0.2) is 75.9 Å². The van der Waals surface area contributed by atoms with Gasteiger partial charge >= 0.3 is 35.8 Å². The summed E-state index contributed by atoms with van der Waals surface area (Å²) in [5.74, 6) is -3.18. The molecule has 3 unspecified atom stereocenters. The van der Waals surface area contributed by atoms with Gasteiger partial charge in [0.15, 0.2) is 0 Å². The Kier molecular flexibility index (Phi) is 35.3. The van der Waals surface area contributed by atoms with Crippen LogP contribution in [-0.2, 0) is 85.6 Å². The van der Waals surface area contributed by atoms with Crippen molar-refractivity contribution in [2.24, 2.45) is 5.41 Å². The van der Waals surface area contributed by atoms with Crippen LogP contribution in [-0.4, -0.2) is 153 Å². The van der Waals surface area contributed by atoms with Crippen LogP contribution in [0.5, 0.6) is 0 Å². The van der Waals surface area contributed by atoms with Gasteiger partial charge in [0.05, 0.1) is 72.7 Å². The second-order valence-corrected chi connectivity index (χ2v) is 12.5. The zero-order valence-corrected chi connectivity index (χ0v) is 35.5. The molecule has 0 saturated heterocycles. The molecule has 0 bridgehead atoms. The van der Waals surface area contributed by atoms with E-state index in [2.05, 4.69) is 39.5 Å². The molecule has 60 heavy (non-hydrogen) atoms. The van der Waals surface area contributed by atoms with E-state index in [0.29, 0.717) is 6.42 Å². The first-order valence-electron chi connectivity index (χ1n) is 19.0. The summed E-state index contributed by atoms with van der Waals surface area (Å²) in [5.41, 5.74) is -0.493. The number of hydrogen-bond acceptors (Lipinski definition) is 18. The minimum atomic E-state index is -0.550. The molecule has 0 aromatic heterocycles. The molecule has 0 aliphatic rings. The third-order valence-corrected chi connectivity index (χ3v) is 7.22. The van der Waals surface area contributed by atoms with Crippen molar-refractivity contribution in [3.8, 4) is 0 Å². The lowest BCUT2D eigenvalue weighted by molar-refractivity contribution is -0.153. The lowest BCUT2D eigenvalue weighted by Crippen LogP contribution is -2.38. The maximum Gasteiger partial charge on any atom is 0.330 e. The van der Waals surface area contributed by atoms with Crippen molar-refractivity contribution < 1.29 is 85.6 Å². The van der Waals surface area contributed by atoms with Crippen molar-refractivity contribution >= 4 is 35.8 Å². The van der Waals surface area contributed by atoms with Gasteiger partial charge < -0.3 is 56.8 Å². The Hall–Kier alpha value is -4.98. The maximum atomic E-state index is 11.2. The van der Waals surface area contributed by atoms with Crippen molar-refractivity contribution in [2.45, 2.75) is 58.5 Å². The fourth-order valence-corrected chi connectivity index (χ4v) is 4.07. The van der Waals surface area contributed by atoms with Gasteiger partial charge in [0.2, 0.25) is 0 Å². The van der Waals surface area contributed by atoms with E-state index in [1.165, 1.54) is 0 Å². The highest BCUT2D eigenvalue weighted by Gasteiger charge is 2.30. The van der Waals surface area contributed by atoms with Crippen LogP contribution in [0.1, 0.15) is 34.1 Å². The lowest BCUT2D eigenvalue weighted by Gasteiger charge is -2.32. The summed E-state index contributed by atoms with van der Waals surface area (Å²) in [6, 6.07) is 0. The van der Waals surface area contributed by atoms with Crippen molar-refractivity contribution in [3.05, 3.63) is 75.9 Å². The summed E-state index contributed by atoms with van der Waals surface area (Å²) >= 11 is 0. The zero-order chi connectivity index (χ0) is 45.6. The molecular formula is C42H64O18. The molecular weight excluding hydrogens is 792 g/mol. The van der Waals surface area contributed by atoms with E-state index < -0.39 is 65.6 Å². The van der Waals surface area contributed by atoms with E-state index in [0.717, 1.165) is 36.5 Å². The van der Waals surface area contributed by atoms with Gasteiger partial charge in [-0.25, -0.2) is 28.8 Å². The van der Waals surface area contributed by atoms with Crippen LogP contribution in [0.25, 0.3) is 0 Å². The highest BCUT2D eigenvalue weighted by atomic mass is 16.6. The van der Waals surface area contributed by atoms with Crippen LogP contribution < -0.4 is 0 Å². The molecule has 0 radical (unpaired) electrons. The molecule has 18 nitrogen and oxygen atoms in total. The molecule has 0 aromatic carbocycles. The first-order chi connectivity index (χ1) is 28.6. The predicted molar refractivity (Wildman–Crippen MR) is 217 cm³/mol. The number of hydrogen-bond donors (Lipinski definition) is 0. The Morgan fingerprint density at radius 1 is 0.433 bits per heavy atom. The molecule has 0 aliphatic carbocycles. The van der Waals surface area contributed by atoms with Crippen LogP contribution in [0.2, 0.25) is 0 Å². The predicted octanol–water partition coefficient (Wildman–Crippen LogP) is 3.38. The lowest BCUT2D eigenvalue weighted by atomic mass is 9.88. The van der Waals surface area contributed by atoms with Crippen molar-refractivity contribution in [2.75, 3.05) is 92.5 Å². The Morgan fingerprint density at radius 3 is 1.02 bits per heavy atom. The highest BCUT2D eigenvalue weighted by molar-refractivity contribution is 5.82. The fourth-order valence-electron chi connectivity index (χ4n) is 4.07. The topological polar surface area (TPSA) is 213 Å². The van der Waals surface area contributed by atoms with E-state index in [4.69, 9.17) is 56.8 Å². The molecule has 0 aliphatic heterocycles. The summed E-state index contributed by atoms with van der Waals surface area (Å²) in [7, 11) is 0. The zero-order valence-electron chi connectivity index (χ0n) is 35.5. The van der Waals surface area contributed by atoms with Gasteiger partial charge in [-0.3, -0.25) is 0 Å². The van der Waals surface area contributed by atoms with E-state index in [1.807, 2.05) is 6.92 Å². The highest BCUT2D eigenvalue weighted by Crippen LogP contribution is 2.24. The van der Waals surface area contributed by atoms with Gasteiger partial charge in [-0.1, -0.05) is 46.4 Å². The van der Waals surface area contributed by atoms with Crippen LogP contribution in [0.3, 0.4) is 0 Å². The van der Waals surface area contributed by atoms with Crippen LogP contribution in [0.4, 0.5) is 0 Å². The molecule has 3 atom stereocenters. The number of esters is 6. The van der Waals surface area contributed by atoms with E-state index in [1.54, 1.807) is 20.8 Å². The SMILES string of the molecule is C=CC(=O)OC(C)COCC(COCC(C)OC(=O)C=C)OCC(C)OC(=O)C=C.C=CC(=O)OCCOCC(CC)(COCCOC(=O)C=C)COCCOC(=O)C=C. The Labute approximate surface area is 353 Å². The molecule has 0 saturated carbocycles. The second kappa shape index (κ2) is 37.1. The molecule has 0 rings (SSSR count). The van der Waals surface area contributed by atoms with Gasteiger partial charge in [0.25, 0.3) is 0 Å². The number of carbonyl (C=O) groups excluding carboxylic acids is 6. The van der Waals surface area contributed by atoms with E-state index >= 15 is 0 Å². The molecule has 340 valence electrons. The molecule has 0 N–H and O–H groups in total. The van der Waals surface area contributed by atoms with E-state index in [-0.39, 0.29) is 92.5 Å². The molecule has 0 fully saturated rings. The molecule has 0 heterocycles. The van der Waals surface area contributed by atoms with Crippen LogP contribution in [0, 0.1) is 5.41 Å². The number of carbonyl (C=O) groups is 6. The fraction of sp³-hybridized carbons (Fsp3) is 0.571. The normalized spacial score (nSPS) is 12.6. The standard InChI is InChI=1S/2C21H32O9/c1-7-19(22)28-15(4)10-25-13-18(27-12-17(6)30-21(24)9-3)14-26-11-16(5)29-20(23)8-2;1-5-18(22)28-12-9-25-15-21(8-4,16-26-10-13-29-19(23)6-2)17-27-11-14-30-20(24)7-3/h7-9,15-18H,1-3,10-14H2,4-6H3;5-7H,1-3,8-17H2,4H3. The monoisotopic (exact) mass is 856 g/mol. The Balaban J connectivity index is 0. The van der Waals surface area contributed by atoms with Gasteiger partial charge in [0, 0.05) is 41.9 Å². The molecule has 18 heteroatoms. The summed E-state index contributed by atoms with van der Waals surface area (Å²) in [4.78, 5) is 66.8. The van der Waals surface area contributed by atoms with Crippen LogP contribution >= 0.6 is 0 Å². The number of ether oxygens (including phenoxy) is 12. The van der Waals surface area contributed by atoms with Gasteiger partial charge in [0.1, 0.15) is 44.2 Å². The average Bonchev–Trinajstić information content (AvgIpc) is 3.24. The quantitative estimate of drug-likeness (QED) is 0.0382. The molecule has 0 spiro atoms. The van der Waals surface area contributed by atoms with Gasteiger partial charge in [-0.2, -0.15) is 0 Å². The van der Waals surface area contributed by atoms with Gasteiger partial charge in [-0.15, -0.1) is 0 Å². The van der Waals surface area contributed by atoms with Gasteiger partial charge in [-0.05, 0) is 27.2 Å². The Morgan fingerprint density at radius 2 is 0.733 bits per heavy atom. The average molecular weight is 857 g/mol. The van der Waals surface area contributed by atoms with Crippen molar-refractivity contribution in [1.29, 1.82) is 0 Å². The minimum Gasteiger partial charge on any atom is -0.460 e. The number of rotatable bonds is 36. The minimum absolute atomic E-state index is 0.0986. The smallest absolute Gasteiger partial charge is 0.330 e. The molecule has 0 amide bonds.